The van der Waals surface area contributed by atoms with Crippen LogP contribution in [0.15, 0.2) is 0 Å². The number of anilines is 2. The second-order valence-corrected chi connectivity index (χ2v) is 4.91. The molecule has 0 fully saturated rings. The van der Waals surface area contributed by atoms with Crippen molar-refractivity contribution >= 4 is 23.3 Å². The number of hydrogen-bond donors (Lipinski definition) is 2. The average molecular weight is 298 g/mol. The van der Waals surface area contributed by atoms with Gasteiger partial charge in [-0.2, -0.15) is 0 Å². The summed E-state index contributed by atoms with van der Waals surface area (Å²) in [6.07, 6.45) is 0.0747. The van der Waals surface area contributed by atoms with Crippen molar-refractivity contribution in [1.82, 2.24) is 0 Å². The van der Waals surface area contributed by atoms with Gasteiger partial charge in [0.1, 0.15) is 5.69 Å². The quantitative estimate of drug-likeness (QED) is 0.658. The van der Waals surface area contributed by atoms with E-state index in [0.29, 0.717) is 0 Å². The molecule has 0 bridgehead atoms. The number of ether oxygens (including phenoxy) is 1. The van der Waals surface area contributed by atoms with E-state index in [-0.39, 0.29) is 36.3 Å². The minimum atomic E-state index is -0.790. The van der Waals surface area contributed by atoms with Crippen molar-refractivity contribution in [1.29, 1.82) is 0 Å². The molecule has 5 nitrogen and oxygen atoms in total. The smallest absolute Gasteiger partial charge is 0.309 e. The number of nitrogens with one attached hydrogen (secondary N) is 1. The molecule has 1 aliphatic carbocycles. The Balaban J connectivity index is 2.42. The minimum absolute atomic E-state index is 0.0315. The number of halogens is 2. The maximum Gasteiger partial charge on any atom is 0.309 e. The number of amides is 1. The van der Waals surface area contributed by atoms with E-state index in [0.717, 1.165) is 0 Å². The van der Waals surface area contributed by atoms with Gasteiger partial charge in [-0.15, -0.1) is 0 Å². The molecule has 21 heavy (non-hydrogen) atoms. The second-order valence-electron chi connectivity index (χ2n) is 4.91. The highest BCUT2D eigenvalue weighted by Crippen LogP contribution is 2.39. The van der Waals surface area contributed by atoms with Crippen LogP contribution in [0.4, 0.5) is 20.2 Å². The van der Waals surface area contributed by atoms with Crippen LogP contribution in [0.1, 0.15) is 25.0 Å². The van der Waals surface area contributed by atoms with E-state index in [1.165, 1.54) is 6.92 Å². The predicted molar refractivity (Wildman–Crippen MR) is 72.6 cm³/mol. The molecule has 1 aromatic rings. The average Bonchev–Trinajstić information content (AvgIpc) is 2.86. The lowest BCUT2D eigenvalue weighted by Gasteiger charge is -2.13. The SMILES string of the molecule is CCOC(=O)C1Cc2c(F)c(N)c(NC(C)=O)c(F)c2C1. The van der Waals surface area contributed by atoms with E-state index >= 15 is 0 Å². The van der Waals surface area contributed by atoms with Gasteiger partial charge in [-0.1, -0.05) is 0 Å². The first-order chi connectivity index (χ1) is 9.86. The van der Waals surface area contributed by atoms with Crippen LogP contribution in [0.25, 0.3) is 0 Å². The van der Waals surface area contributed by atoms with E-state index in [4.69, 9.17) is 10.5 Å². The fourth-order valence-corrected chi connectivity index (χ4v) is 2.52. The summed E-state index contributed by atoms with van der Waals surface area (Å²) in [4.78, 5) is 22.8. The third kappa shape index (κ3) is 2.68. The van der Waals surface area contributed by atoms with Crippen LogP contribution in [0.5, 0.6) is 0 Å². The molecule has 7 heteroatoms. The van der Waals surface area contributed by atoms with Crippen molar-refractivity contribution in [2.75, 3.05) is 17.7 Å². The molecule has 0 heterocycles. The van der Waals surface area contributed by atoms with Crippen LogP contribution in [-0.2, 0) is 27.2 Å². The molecule has 0 spiro atoms. The van der Waals surface area contributed by atoms with Crippen molar-refractivity contribution in [2.45, 2.75) is 26.7 Å². The number of benzene rings is 1. The van der Waals surface area contributed by atoms with Crippen LogP contribution in [-0.4, -0.2) is 18.5 Å². The van der Waals surface area contributed by atoms with Crippen molar-refractivity contribution in [3.63, 3.8) is 0 Å². The van der Waals surface area contributed by atoms with Crippen molar-refractivity contribution < 1.29 is 23.1 Å². The summed E-state index contributed by atoms with van der Waals surface area (Å²) in [6.45, 7) is 3.04. The van der Waals surface area contributed by atoms with Gasteiger partial charge < -0.3 is 15.8 Å². The van der Waals surface area contributed by atoms with Gasteiger partial charge in [0.15, 0.2) is 11.6 Å². The third-order valence-electron chi connectivity index (χ3n) is 3.44. The molecular formula is C14H16F2N2O3. The first-order valence-corrected chi connectivity index (χ1v) is 6.59. The van der Waals surface area contributed by atoms with E-state index in [1.807, 2.05) is 0 Å². The van der Waals surface area contributed by atoms with Crippen molar-refractivity contribution in [3.05, 3.63) is 22.8 Å². The fraction of sp³-hybridized carbons (Fsp3) is 0.429. The molecule has 0 saturated carbocycles. The van der Waals surface area contributed by atoms with Gasteiger partial charge in [0.2, 0.25) is 5.91 Å². The lowest BCUT2D eigenvalue weighted by atomic mass is 10.1. The molecule has 1 atom stereocenters. The topological polar surface area (TPSA) is 81.4 Å². The van der Waals surface area contributed by atoms with E-state index in [9.17, 15) is 18.4 Å². The number of nitrogen functional groups attached to an aromatic ring is 1. The van der Waals surface area contributed by atoms with Gasteiger partial charge >= 0.3 is 5.97 Å². The Labute approximate surface area is 120 Å². The Kier molecular flexibility index (Phi) is 4.11. The summed E-state index contributed by atoms with van der Waals surface area (Å²) in [5.74, 6) is -3.25. The first-order valence-electron chi connectivity index (χ1n) is 6.59. The van der Waals surface area contributed by atoms with Gasteiger partial charge in [0, 0.05) is 6.92 Å². The molecule has 2 rings (SSSR count). The lowest BCUT2D eigenvalue weighted by Crippen LogP contribution is -2.18. The highest BCUT2D eigenvalue weighted by atomic mass is 19.1. The molecule has 1 aromatic carbocycles. The van der Waals surface area contributed by atoms with Crippen LogP contribution < -0.4 is 11.1 Å². The summed E-state index contributed by atoms with van der Waals surface area (Å²) >= 11 is 0. The molecule has 1 amide bonds. The van der Waals surface area contributed by atoms with Crippen LogP contribution in [0, 0.1) is 17.6 Å². The molecule has 0 aliphatic heterocycles. The van der Waals surface area contributed by atoms with Gasteiger partial charge in [-0.05, 0) is 30.9 Å². The standard InChI is InChI=1S/C14H16F2N2O3/c1-3-21-14(20)7-4-8-9(5-7)11(16)13(18-6(2)19)12(17)10(8)15/h7H,3-5,17H2,1-2H3,(H,18,19). The Hall–Kier alpha value is -2.18. The minimum Gasteiger partial charge on any atom is -0.466 e. The normalized spacial score (nSPS) is 16.5. The molecule has 0 radical (unpaired) electrons. The Morgan fingerprint density at radius 3 is 2.38 bits per heavy atom. The summed E-state index contributed by atoms with van der Waals surface area (Å²) < 4.78 is 33.5. The van der Waals surface area contributed by atoms with Gasteiger partial charge in [0.25, 0.3) is 0 Å². The predicted octanol–water partition coefficient (Wildman–Crippen LogP) is 1.78. The largest absolute Gasteiger partial charge is 0.466 e. The zero-order valence-electron chi connectivity index (χ0n) is 11.8. The van der Waals surface area contributed by atoms with Crippen LogP contribution >= 0.6 is 0 Å². The van der Waals surface area contributed by atoms with Crippen molar-refractivity contribution in [2.24, 2.45) is 5.92 Å². The number of hydrogen-bond acceptors (Lipinski definition) is 4. The van der Waals surface area contributed by atoms with Crippen molar-refractivity contribution in [3.8, 4) is 0 Å². The zero-order valence-corrected chi connectivity index (χ0v) is 11.8. The van der Waals surface area contributed by atoms with Crippen LogP contribution in [0.3, 0.4) is 0 Å². The highest BCUT2D eigenvalue weighted by molar-refractivity contribution is 5.93. The lowest BCUT2D eigenvalue weighted by molar-refractivity contribution is -0.147. The Bertz CT molecular complexity index is 617. The number of nitrogens with two attached hydrogens (primary N) is 1. The highest BCUT2D eigenvalue weighted by Gasteiger charge is 2.35. The molecule has 1 unspecified atom stereocenters. The summed E-state index contributed by atoms with van der Waals surface area (Å²) in [5.41, 5.74) is 4.87. The first kappa shape index (κ1) is 15.2. The Morgan fingerprint density at radius 2 is 1.86 bits per heavy atom. The van der Waals surface area contributed by atoms with Gasteiger partial charge in [-0.3, -0.25) is 9.59 Å². The molecule has 1 aliphatic rings. The summed E-state index contributed by atoms with van der Waals surface area (Å²) in [7, 11) is 0. The van der Waals surface area contributed by atoms with E-state index in [2.05, 4.69) is 5.32 Å². The number of carbonyl (C=O) groups is 2. The van der Waals surface area contributed by atoms with Gasteiger partial charge in [0.05, 0.1) is 18.2 Å². The number of fused-ring (bicyclic) bond motifs is 1. The molecule has 3 N–H and O–H groups in total. The fourth-order valence-electron chi connectivity index (χ4n) is 2.52. The monoisotopic (exact) mass is 298 g/mol. The zero-order chi connectivity index (χ0) is 15.7. The van der Waals surface area contributed by atoms with E-state index < -0.39 is 35.1 Å². The number of rotatable bonds is 3. The molecular weight excluding hydrogens is 282 g/mol. The molecule has 0 saturated heterocycles. The summed E-state index contributed by atoms with van der Waals surface area (Å²) in [6, 6.07) is 0. The molecule has 0 aromatic heterocycles. The van der Waals surface area contributed by atoms with Crippen LogP contribution in [0.2, 0.25) is 0 Å². The second kappa shape index (κ2) is 5.67. The van der Waals surface area contributed by atoms with Gasteiger partial charge in [-0.25, -0.2) is 8.78 Å². The third-order valence-corrected chi connectivity index (χ3v) is 3.44. The maximum absolute atomic E-state index is 14.4. The molecule has 114 valence electrons. The number of carbonyl (C=O) groups excluding carboxylic acids is 2. The Morgan fingerprint density at radius 1 is 1.29 bits per heavy atom. The number of esters is 1. The summed E-state index contributed by atoms with van der Waals surface area (Å²) in [5, 5.41) is 2.19. The van der Waals surface area contributed by atoms with E-state index in [1.54, 1.807) is 6.92 Å². The maximum atomic E-state index is 14.4.